The number of nitrogens with zero attached hydrogens (tertiary/aromatic N) is 2. The van der Waals surface area contributed by atoms with E-state index in [1.807, 2.05) is 16.7 Å². The molecule has 1 N–H and O–H groups in total. The Morgan fingerprint density at radius 2 is 1.86 bits per heavy atom. The van der Waals surface area contributed by atoms with Crippen molar-refractivity contribution in [2.24, 2.45) is 0 Å². The maximum absolute atomic E-state index is 12.7. The van der Waals surface area contributed by atoms with Crippen molar-refractivity contribution in [3.05, 3.63) is 79.9 Å². The first-order chi connectivity index (χ1) is 17.6. The van der Waals surface area contributed by atoms with Crippen LogP contribution in [0.15, 0.2) is 57.6 Å². The maximum Gasteiger partial charge on any atom is 0.252 e. The largest absolute Gasteiger partial charge is 0.486 e. The van der Waals surface area contributed by atoms with Gasteiger partial charge in [-0.1, -0.05) is 17.7 Å². The summed E-state index contributed by atoms with van der Waals surface area (Å²) in [4.78, 5) is 25.1. The van der Waals surface area contributed by atoms with E-state index < -0.39 is 0 Å². The van der Waals surface area contributed by atoms with Gasteiger partial charge in [0.1, 0.15) is 18.9 Å². The number of hydrogen-bond acceptors (Lipinski definition) is 5. The first-order valence-electron chi connectivity index (χ1n) is 13.1. The van der Waals surface area contributed by atoms with Gasteiger partial charge < -0.3 is 14.8 Å². The predicted octanol–water partition coefficient (Wildman–Crippen LogP) is 4.24. The molecule has 36 heavy (non-hydrogen) atoms. The Morgan fingerprint density at radius 3 is 2.75 bits per heavy atom. The van der Waals surface area contributed by atoms with Gasteiger partial charge in [-0.25, -0.2) is 0 Å². The van der Waals surface area contributed by atoms with Crippen LogP contribution in [0.1, 0.15) is 55.7 Å². The van der Waals surface area contributed by atoms with Gasteiger partial charge in [-0.3, -0.25) is 18.7 Å². The van der Waals surface area contributed by atoms with Crippen LogP contribution in [0.25, 0.3) is 11.0 Å². The second kappa shape index (κ2) is 9.62. The van der Waals surface area contributed by atoms with Crippen LogP contribution < -0.4 is 25.9 Å². The number of nitrogens with one attached hydrogen (secondary N) is 1. The van der Waals surface area contributed by atoms with Crippen LogP contribution in [-0.2, 0) is 13.1 Å². The number of hydrogen-bond donors (Lipinski definition) is 1. The first kappa shape index (κ1) is 23.1. The molecule has 0 bridgehead atoms. The molecule has 7 heteroatoms. The average Bonchev–Trinajstić information content (AvgIpc) is 3.14. The summed E-state index contributed by atoms with van der Waals surface area (Å²) in [5, 5.41) is 4.71. The normalized spacial score (nSPS) is 20.9. The van der Waals surface area contributed by atoms with Gasteiger partial charge in [0.25, 0.3) is 11.1 Å². The van der Waals surface area contributed by atoms with E-state index in [2.05, 4.69) is 30.4 Å². The Bertz CT molecular complexity index is 1450. The molecule has 188 valence electrons. The number of aromatic nitrogens is 2. The highest BCUT2D eigenvalue weighted by Crippen LogP contribution is 2.35. The summed E-state index contributed by atoms with van der Waals surface area (Å²) in [6.07, 6.45) is 8.59. The minimum absolute atomic E-state index is 0.0159. The molecule has 2 aliphatic heterocycles. The minimum Gasteiger partial charge on any atom is -0.486 e. The summed E-state index contributed by atoms with van der Waals surface area (Å²) >= 11 is 0. The number of fused-ring (bicyclic) bond motifs is 1. The van der Waals surface area contributed by atoms with Gasteiger partial charge in [0.05, 0.1) is 6.04 Å². The molecule has 1 aromatic carbocycles. The van der Waals surface area contributed by atoms with E-state index in [0.29, 0.717) is 25.8 Å². The lowest BCUT2D eigenvalue weighted by molar-refractivity contribution is 0.170. The molecule has 0 spiro atoms. The van der Waals surface area contributed by atoms with Gasteiger partial charge in [0.2, 0.25) is 0 Å². The third kappa shape index (κ3) is 4.37. The van der Waals surface area contributed by atoms with Gasteiger partial charge in [-0.15, -0.1) is 0 Å². The zero-order valence-corrected chi connectivity index (χ0v) is 20.8. The standard InChI is InChI=1S/C29H33N3O4/c1-19-15-21(16-25-28(19)36-14-13-35-25)17-30-23-4-2-3-20(5-9-23)6-10-24-18-31-26(33)11-7-22-8-12-27(34)32(24)29(22)31/h3,7-8,11-12,15-16,23-24,30H,2,4-6,9-10,13-14,17-18H2,1H3/t23?,24-/m1/s1. The van der Waals surface area contributed by atoms with Crippen molar-refractivity contribution in [3.8, 4) is 11.5 Å². The third-order valence-corrected chi connectivity index (χ3v) is 7.86. The Morgan fingerprint density at radius 1 is 1.03 bits per heavy atom. The van der Waals surface area contributed by atoms with Crippen LogP contribution in [0.2, 0.25) is 0 Å². The van der Waals surface area contributed by atoms with E-state index in [0.717, 1.165) is 73.2 Å². The molecule has 4 heterocycles. The van der Waals surface area contributed by atoms with Gasteiger partial charge >= 0.3 is 0 Å². The number of pyridine rings is 2. The molecule has 6 rings (SSSR count). The third-order valence-electron chi connectivity index (χ3n) is 7.86. The van der Waals surface area contributed by atoms with E-state index >= 15 is 0 Å². The van der Waals surface area contributed by atoms with Gasteiger partial charge in [-0.05, 0) is 74.8 Å². The Labute approximate surface area is 210 Å². The summed E-state index contributed by atoms with van der Waals surface area (Å²) in [5.74, 6) is 1.73. The van der Waals surface area contributed by atoms with E-state index in [4.69, 9.17) is 9.47 Å². The monoisotopic (exact) mass is 487 g/mol. The molecule has 3 aliphatic rings. The van der Waals surface area contributed by atoms with Crippen molar-refractivity contribution >= 4 is 11.0 Å². The molecule has 0 fully saturated rings. The lowest BCUT2D eigenvalue weighted by Gasteiger charge is -2.22. The zero-order chi connectivity index (χ0) is 24.6. The van der Waals surface area contributed by atoms with Crippen molar-refractivity contribution in [1.82, 2.24) is 14.5 Å². The number of aryl methyl sites for hydroxylation is 1. The van der Waals surface area contributed by atoms with E-state index in [9.17, 15) is 9.59 Å². The Kier molecular flexibility index (Phi) is 6.17. The van der Waals surface area contributed by atoms with Gasteiger partial charge in [-0.2, -0.15) is 0 Å². The topological polar surface area (TPSA) is 74.5 Å². The molecule has 0 saturated heterocycles. The zero-order valence-electron chi connectivity index (χ0n) is 20.8. The number of rotatable bonds is 6. The lowest BCUT2D eigenvalue weighted by Crippen LogP contribution is -2.28. The van der Waals surface area contributed by atoms with Gasteiger partial charge in [0, 0.05) is 36.7 Å². The molecule has 0 saturated carbocycles. The van der Waals surface area contributed by atoms with Crippen molar-refractivity contribution in [3.63, 3.8) is 0 Å². The highest BCUT2D eigenvalue weighted by molar-refractivity contribution is 5.76. The van der Waals surface area contributed by atoms with Crippen LogP contribution in [0, 0.1) is 6.92 Å². The summed E-state index contributed by atoms with van der Waals surface area (Å²) in [5.41, 5.74) is 4.55. The Hall–Kier alpha value is -3.32. The van der Waals surface area contributed by atoms with Crippen molar-refractivity contribution < 1.29 is 9.47 Å². The van der Waals surface area contributed by atoms with Crippen LogP contribution >= 0.6 is 0 Å². The predicted molar refractivity (Wildman–Crippen MR) is 140 cm³/mol. The van der Waals surface area contributed by atoms with Crippen LogP contribution in [-0.4, -0.2) is 28.4 Å². The molecule has 3 aromatic rings. The van der Waals surface area contributed by atoms with Crippen LogP contribution in [0.5, 0.6) is 11.5 Å². The van der Waals surface area contributed by atoms with E-state index in [-0.39, 0.29) is 17.2 Å². The van der Waals surface area contributed by atoms with Crippen molar-refractivity contribution in [1.29, 1.82) is 0 Å². The fraction of sp³-hybridized carbons (Fsp3) is 0.448. The SMILES string of the molecule is Cc1cc(CNC2CCC=C(CC[C@@H]3Cn4c(=O)ccc5ccc(=O)n3c54)CC2)cc2c1OCCO2. The molecule has 2 aromatic heterocycles. The number of allylic oxidation sites excluding steroid dienone is 2. The number of ether oxygens (including phenoxy) is 2. The van der Waals surface area contributed by atoms with Crippen molar-refractivity contribution in [2.75, 3.05) is 13.2 Å². The lowest BCUT2D eigenvalue weighted by atomic mass is 10.0. The van der Waals surface area contributed by atoms with Crippen LogP contribution in [0.3, 0.4) is 0 Å². The molecule has 1 unspecified atom stereocenters. The second-order valence-corrected chi connectivity index (χ2v) is 10.3. The molecule has 0 amide bonds. The summed E-state index contributed by atoms with van der Waals surface area (Å²) < 4.78 is 15.1. The van der Waals surface area contributed by atoms with Gasteiger partial charge in [0.15, 0.2) is 11.5 Å². The van der Waals surface area contributed by atoms with E-state index in [1.54, 1.807) is 16.7 Å². The highest BCUT2D eigenvalue weighted by Gasteiger charge is 2.26. The molecule has 7 nitrogen and oxygen atoms in total. The average molecular weight is 488 g/mol. The quantitative estimate of drug-likeness (QED) is 0.527. The van der Waals surface area contributed by atoms with E-state index in [1.165, 1.54) is 11.1 Å². The second-order valence-electron chi connectivity index (χ2n) is 10.3. The maximum atomic E-state index is 12.7. The Balaban J connectivity index is 1.05. The molecule has 1 aliphatic carbocycles. The molecular weight excluding hydrogens is 454 g/mol. The minimum atomic E-state index is -0.0276. The summed E-state index contributed by atoms with van der Waals surface area (Å²) in [7, 11) is 0. The summed E-state index contributed by atoms with van der Waals surface area (Å²) in [6, 6.07) is 11.7. The molecule has 2 atom stereocenters. The first-order valence-corrected chi connectivity index (χ1v) is 13.1. The molecular formula is C29H33N3O4. The van der Waals surface area contributed by atoms with Crippen LogP contribution in [0.4, 0.5) is 0 Å². The van der Waals surface area contributed by atoms with Crippen molar-refractivity contribution in [2.45, 2.75) is 70.6 Å². The molecule has 0 radical (unpaired) electrons. The fourth-order valence-corrected chi connectivity index (χ4v) is 6.02. The summed E-state index contributed by atoms with van der Waals surface area (Å²) in [6.45, 7) is 4.70. The highest BCUT2D eigenvalue weighted by atomic mass is 16.6. The number of benzene rings is 1. The smallest absolute Gasteiger partial charge is 0.252 e. The fourth-order valence-electron chi connectivity index (χ4n) is 6.02.